The lowest BCUT2D eigenvalue weighted by molar-refractivity contribution is -0.743. The fourth-order valence-electron chi connectivity index (χ4n) is 4.16. The number of hydrogen-bond donors (Lipinski definition) is 0. The van der Waals surface area contributed by atoms with Crippen molar-refractivity contribution in [3.8, 4) is 0 Å². The third-order valence-electron chi connectivity index (χ3n) is 5.46. The van der Waals surface area contributed by atoms with Gasteiger partial charge in [0, 0.05) is 12.8 Å². The van der Waals surface area contributed by atoms with E-state index in [1.807, 2.05) is 0 Å². The minimum absolute atomic E-state index is 0.330. The molecule has 2 aliphatic heterocycles. The first-order valence-corrected chi connectivity index (χ1v) is 7.36. The molecule has 0 aromatic heterocycles. The molecule has 2 saturated carbocycles. The van der Waals surface area contributed by atoms with Crippen LogP contribution in [0.5, 0.6) is 0 Å². The molecule has 6 atom stereocenters. The zero-order valence-electron chi connectivity index (χ0n) is 10.3. The van der Waals surface area contributed by atoms with Gasteiger partial charge in [0.05, 0.1) is 12.2 Å². The minimum atomic E-state index is 0.330. The molecular weight excluding hydrogens is 216 g/mol. The Morgan fingerprint density at radius 3 is 2.41 bits per heavy atom. The lowest BCUT2D eigenvalue weighted by Crippen LogP contribution is -2.17. The molecule has 2 heterocycles. The lowest BCUT2D eigenvalue weighted by Gasteiger charge is -2.22. The van der Waals surface area contributed by atoms with E-state index in [0.717, 1.165) is 24.7 Å². The molecule has 2 aliphatic carbocycles. The summed E-state index contributed by atoms with van der Waals surface area (Å²) in [4.78, 5) is 0. The van der Waals surface area contributed by atoms with Crippen molar-refractivity contribution in [3.63, 3.8) is 0 Å². The van der Waals surface area contributed by atoms with Crippen molar-refractivity contribution in [3.05, 3.63) is 0 Å². The molecule has 2 saturated heterocycles. The van der Waals surface area contributed by atoms with E-state index in [2.05, 4.69) is 4.52 Å². The molecule has 4 fully saturated rings. The molecule has 17 heavy (non-hydrogen) atoms. The maximum Gasteiger partial charge on any atom is 0.235 e. The predicted molar refractivity (Wildman–Crippen MR) is 61.2 cm³/mol. The molecule has 4 aliphatic rings. The quantitative estimate of drug-likeness (QED) is 0.426. The number of ether oxygens (including phenoxy) is 1. The highest BCUT2D eigenvalue weighted by atomic mass is 17.3. The molecule has 4 rings (SSSR count). The molecule has 0 spiro atoms. The topological polar surface area (TPSA) is 38.3 Å². The van der Waals surface area contributed by atoms with Gasteiger partial charge in [-0.05, 0) is 43.9 Å². The Morgan fingerprint density at radius 1 is 0.882 bits per heavy atom. The summed E-state index contributed by atoms with van der Waals surface area (Å²) >= 11 is 0. The standard InChI is InChI=1S/C14H22O3/c15-17-13-6-4-10(8-14(13)17)2-1-9-3-5-11-12(7-9)16-11/h9-14H,1-8H2. The highest BCUT2D eigenvalue weighted by molar-refractivity contribution is 4.94. The second-order valence-corrected chi connectivity index (χ2v) is 6.55. The second-order valence-electron chi connectivity index (χ2n) is 6.55. The zero-order chi connectivity index (χ0) is 11.4. The second kappa shape index (κ2) is 3.94. The van der Waals surface area contributed by atoms with Crippen molar-refractivity contribution < 1.29 is 14.5 Å². The van der Waals surface area contributed by atoms with Gasteiger partial charge >= 0.3 is 0 Å². The molecule has 0 radical (unpaired) electrons. The summed E-state index contributed by atoms with van der Waals surface area (Å²) in [5, 5.41) is 11.2. The van der Waals surface area contributed by atoms with Crippen LogP contribution >= 0.6 is 0 Å². The highest BCUT2D eigenvalue weighted by Crippen LogP contribution is 2.46. The van der Waals surface area contributed by atoms with Crippen molar-refractivity contribution in [2.75, 3.05) is 0 Å². The van der Waals surface area contributed by atoms with Crippen LogP contribution in [-0.4, -0.2) is 24.4 Å². The maximum atomic E-state index is 11.2. The van der Waals surface area contributed by atoms with Crippen molar-refractivity contribution in [2.45, 2.75) is 75.8 Å². The van der Waals surface area contributed by atoms with E-state index in [9.17, 15) is 5.26 Å². The van der Waals surface area contributed by atoms with E-state index in [1.165, 1.54) is 38.5 Å². The normalized spacial score (nSPS) is 52.8. The van der Waals surface area contributed by atoms with Crippen LogP contribution in [0.15, 0.2) is 0 Å². The van der Waals surface area contributed by atoms with Crippen LogP contribution in [0, 0.1) is 11.8 Å². The Hall–Kier alpha value is -0.120. The number of fused-ring (bicyclic) bond motifs is 2. The van der Waals surface area contributed by atoms with Crippen LogP contribution in [-0.2, 0) is 9.25 Å². The first-order valence-electron chi connectivity index (χ1n) is 7.36. The molecular formula is C14H22O3. The summed E-state index contributed by atoms with van der Waals surface area (Å²) in [6.45, 7) is 0. The van der Waals surface area contributed by atoms with E-state index in [0.29, 0.717) is 24.4 Å². The fraction of sp³-hybridized carbons (Fsp3) is 1.00. The zero-order valence-corrected chi connectivity index (χ0v) is 10.3. The average molecular weight is 238 g/mol. The van der Waals surface area contributed by atoms with Gasteiger partial charge in [-0.25, -0.2) is 0 Å². The first kappa shape index (κ1) is 10.8. The van der Waals surface area contributed by atoms with Crippen LogP contribution in [0.4, 0.5) is 0 Å². The van der Waals surface area contributed by atoms with Crippen molar-refractivity contribution in [1.82, 2.24) is 0 Å². The summed E-state index contributed by atoms with van der Waals surface area (Å²) < 4.78 is 7.68. The van der Waals surface area contributed by atoms with Gasteiger partial charge in [0.15, 0.2) is 0 Å². The summed E-state index contributed by atoms with van der Waals surface area (Å²) in [6.07, 6.45) is 12.2. The summed E-state index contributed by atoms with van der Waals surface area (Å²) in [7, 11) is 0. The Bertz CT molecular complexity index is 306. The van der Waals surface area contributed by atoms with Crippen LogP contribution in [0.25, 0.3) is 0 Å². The smallest absolute Gasteiger partial charge is 0.235 e. The van der Waals surface area contributed by atoms with Crippen LogP contribution < -0.4 is 5.26 Å². The molecule has 6 unspecified atom stereocenters. The Labute approximate surface area is 103 Å². The van der Waals surface area contributed by atoms with E-state index in [4.69, 9.17) is 4.74 Å². The molecule has 3 heteroatoms. The molecule has 0 N–H and O–H groups in total. The monoisotopic (exact) mass is 238 g/mol. The van der Waals surface area contributed by atoms with E-state index >= 15 is 0 Å². The average Bonchev–Trinajstić information content (AvgIpc) is 3.24. The van der Waals surface area contributed by atoms with Crippen LogP contribution in [0.1, 0.15) is 51.4 Å². The van der Waals surface area contributed by atoms with Gasteiger partial charge in [-0.2, -0.15) is 0 Å². The molecule has 0 aromatic rings. The summed E-state index contributed by atoms with van der Waals surface area (Å²) in [5.74, 6) is 1.73. The van der Waals surface area contributed by atoms with Crippen molar-refractivity contribution in [1.29, 1.82) is 0 Å². The molecule has 96 valence electrons. The Kier molecular flexibility index (Phi) is 2.50. The van der Waals surface area contributed by atoms with E-state index in [-0.39, 0.29) is 0 Å². The number of hydrogen-bond acceptors (Lipinski definition) is 2. The largest absolute Gasteiger partial charge is 0.533 e. The summed E-state index contributed by atoms with van der Waals surface area (Å²) in [6, 6.07) is 0. The SMILES string of the molecule is [O-][O+]1C2CCC(CCC3CCC4OC4C3)CC21. The highest BCUT2D eigenvalue weighted by Gasteiger charge is 2.56. The Balaban J connectivity index is 1.22. The molecule has 0 amide bonds. The van der Waals surface area contributed by atoms with Gasteiger partial charge in [-0.1, -0.05) is 6.42 Å². The van der Waals surface area contributed by atoms with Gasteiger partial charge in [0.2, 0.25) is 12.2 Å². The van der Waals surface area contributed by atoms with Gasteiger partial charge in [0.25, 0.3) is 0 Å². The number of epoxide rings is 2. The van der Waals surface area contributed by atoms with Crippen molar-refractivity contribution >= 4 is 0 Å². The summed E-state index contributed by atoms with van der Waals surface area (Å²) in [5.41, 5.74) is 0. The molecule has 3 nitrogen and oxygen atoms in total. The maximum absolute atomic E-state index is 11.2. The van der Waals surface area contributed by atoms with Gasteiger partial charge in [-0.15, -0.1) is 0 Å². The third-order valence-corrected chi connectivity index (χ3v) is 5.46. The lowest BCUT2D eigenvalue weighted by atomic mass is 9.80. The van der Waals surface area contributed by atoms with E-state index < -0.39 is 0 Å². The molecule has 0 bridgehead atoms. The van der Waals surface area contributed by atoms with Crippen LogP contribution in [0.2, 0.25) is 0 Å². The van der Waals surface area contributed by atoms with Gasteiger partial charge in [-0.3, -0.25) is 0 Å². The fourth-order valence-corrected chi connectivity index (χ4v) is 4.16. The van der Waals surface area contributed by atoms with Crippen molar-refractivity contribution in [2.24, 2.45) is 11.8 Å². The van der Waals surface area contributed by atoms with Gasteiger partial charge < -0.3 is 14.5 Å². The van der Waals surface area contributed by atoms with E-state index in [1.54, 1.807) is 0 Å². The minimum Gasteiger partial charge on any atom is -0.533 e. The van der Waals surface area contributed by atoms with Crippen LogP contribution in [0.3, 0.4) is 0 Å². The first-order chi connectivity index (χ1) is 8.31. The number of rotatable bonds is 3. The molecule has 0 aromatic carbocycles. The Morgan fingerprint density at radius 2 is 1.65 bits per heavy atom. The third kappa shape index (κ3) is 2.02. The van der Waals surface area contributed by atoms with Gasteiger partial charge in [0.1, 0.15) is 0 Å². The predicted octanol–water partition coefficient (Wildman–Crippen LogP) is 1.71.